The topological polar surface area (TPSA) is 47.2 Å². The molecule has 0 N–H and O–H groups in total. The summed E-state index contributed by atoms with van der Waals surface area (Å²) in [6, 6.07) is 11.3. The summed E-state index contributed by atoms with van der Waals surface area (Å²) < 4.78 is 3.05. The van der Waals surface area contributed by atoms with Gasteiger partial charge in [-0.25, -0.2) is 0 Å². The van der Waals surface area contributed by atoms with E-state index < -0.39 is 0 Å². The molecule has 19 heavy (non-hydrogen) atoms. The summed E-state index contributed by atoms with van der Waals surface area (Å²) in [4.78, 5) is 20.8. The Hall–Kier alpha value is -2.27. The third-order valence-corrected chi connectivity index (χ3v) is 3.95. The van der Waals surface area contributed by atoms with E-state index in [1.165, 1.54) is 11.3 Å². The number of thiazole rings is 1. The highest BCUT2D eigenvalue weighted by Gasteiger charge is 2.06. The zero-order valence-electron chi connectivity index (χ0n) is 10.3. The first-order chi connectivity index (χ1) is 9.25. The van der Waals surface area contributed by atoms with Crippen LogP contribution in [-0.2, 0) is 7.05 Å². The van der Waals surface area contributed by atoms with E-state index in [1.54, 1.807) is 24.5 Å². The Kier molecular flexibility index (Phi) is 2.97. The number of carbonyl (C=O) groups excluding carboxylic acids is 1. The van der Waals surface area contributed by atoms with Crippen LogP contribution in [0.4, 0.5) is 0 Å². The minimum atomic E-state index is -0.246. The SMILES string of the molecule is Cn1c(=NC(=O)c2ccncc2)sc2ccccc21. The van der Waals surface area contributed by atoms with Crippen molar-refractivity contribution in [1.29, 1.82) is 0 Å². The number of rotatable bonds is 1. The number of fused-ring (bicyclic) bond motifs is 1. The van der Waals surface area contributed by atoms with Crippen molar-refractivity contribution in [2.24, 2.45) is 12.0 Å². The smallest absolute Gasteiger partial charge is 0.279 e. The van der Waals surface area contributed by atoms with Gasteiger partial charge in [0, 0.05) is 25.0 Å². The van der Waals surface area contributed by atoms with Crippen molar-refractivity contribution in [2.45, 2.75) is 0 Å². The third kappa shape index (κ3) is 2.20. The first kappa shape index (κ1) is 11.8. The lowest BCUT2D eigenvalue weighted by Gasteiger charge is -1.95. The first-order valence-electron chi connectivity index (χ1n) is 5.79. The van der Waals surface area contributed by atoms with Crippen LogP contribution in [-0.4, -0.2) is 15.5 Å². The van der Waals surface area contributed by atoms with E-state index in [2.05, 4.69) is 9.98 Å². The van der Waals surface area contributed by atoms with Gasteiger partial charge in [0.05, 0.1) is 10.2 Å². The average molecular weight is 269 g/mol. The van der Waals surface area contributed by atoms with Gasteiger partial charge in [0.25, 0.3) is 5.91 Å². The van der Waals surface area contributed by atoms with Gasteiger partial charge in [0.2, 0.25) is 0 Å². The van der Waals surface area contributed by atoms with E-state index in [4.69, 9.17) is 0 Å². The van der Waals surface area contributed by atoms with Gasteiger partial charge in [-0.05, 0) is 24.3 Å². The molecule has 0 unspecified atom stereocenters. The van der Waals surface area contributed by atoms with E-state index in [1.807, 2.05) is 35.9 Å². The van der Waals surface area contributed by atoms with Gasteiger partial charge in [-0.15, -0.1) is 0 Å². The normalized spacial score (nSPS) is 11.9. The van der Waals surface area contributed by atoms with Gasteiger partial charge < -0.3 is 4.57 Å². The molecule has 0 aliphatic heterocycles. The fraction of sp³-hybridized carbons (Fsp3) is 0.0714. The Morgan fingerprint density at radius 2 is 1.95 bits per heavy atom. The highest BCUT2D eigenvalue weighted by molar-refractivity contribution is 7.16. The summed E-state index contributed by atoms with van der Waals surface area (Å²) in [6.07, 6.45) is 3.18. The molecule has 1 amide bonds. The minimum Gasteiger partial charge on any atom is -0.319 e. The molecule has 1 aromatic carbocycles. The molecule has 3 aromatic rings. The molecule has 2 aromatic heterocycles. The van der Waals surface area contributed by atoms with Crippen LogP contribution in [0.5, 0.6) is 0 Å². The molecule has 5 heteroatoms. The molecule has 0 spiro atoms. The van der Waals surface area contributed by atoms with Crippen molar-refractivity contribution in [3.05, 3.63) is 59.2 Å². The summed E-state index contributed by atoms with van der Waals surface area (Å²) in [5.74, 6) is -0.246. The van der Waals surface area contributed by atoms with E-state index in [-0.39, 0.29) is 5.91 Å². The van der Waals surface area contributed by atoms with Gasteiger partial charge in [-0.3, -0.25) is 9.78 Å². The van der Waals surface area contributed by atoms with Crippen molar-refractivity contribution in [2.75, 3.05) is 0 Å². The minimum absolute atomic E-state index is 0.246. The van der Waals surface area contributed by atoms with Crippen LogP contribution in [0.25, 0.3) is 10.2 Å². The lowest BCUT2D eigenvalue weighted by atomic mass is 10.3. The molecule has 2 heterocycles. The molecule has 0 radical (unpaired) electrons. The lowest BCUT2D eigenvalue weighted by Crippen LogP contribution is -2.13. The molecule has 0 aliphatic rings. The molecule has 0 aliphatic carbocycles. The zero-order chi connectivity index (χ0) is 13.2. The molecule has 0 fully saturated rings. The summed E-state index contributed by atoms with van der Waals surface area (Å²) in [5, 5.41) is 0. The molecular weight excluding hydrogens is 258 g/mol. The van der Waals surface area contributed by atoms with Crippen LogP contribution >= 0.6 is 11.3 Å². The molecule has 0 atom stereocenters. The van der Waals surface area contributed by atoms with Gasteiger partial charge >= 0.3 is 0 Å². The number of amides is 1. The van der Waals surface area contributed by atoms with Crippen LogP contribution in [0.1, 0.15) is 10.4 Å². The number of pyridine rings is 1. The van der Waals surface area contributed by atoms with E-state index >= 15 is 0 Å². The number of hydrogen-bond acceptors (Lipinski definition) is 3. The van der Waals surface area contributed by atoms with Crippen molar-refractivity contribution >= 4 is 27.5 Å². The van der Waals surface area contributed by atoms with Crippen molar-refractivity contribution in [1.82, 2.24) is 9.55 Å². The molecule has 0 saturated carbocycles. The number of hydrogen-bond donors (Lipinski definition) is 0. The first-order valence-corrected chi connectivity index (χ1v) is 6.61. The number of carbonyl (C=O) groups is 1. The standard InChI is InChI=1S/C14H11N3OS/c1-17-11-4-2-3-5-12(11)19-14(17)16-13(18)10-6-8-15-9-7-10/h2-9H,1H3. The molecule has 3 rings (SSSR count). The van der Waals surface area contributed by atoms with Gasteiger partial charge in [-0.2, -0.15) is 4.99 Å². The number of benzene rings is 1. The third-order valence-electron chi connectivity index (χ3n) is 2.84. The highest BCUT2D eigenvalue weighted by Crippen LogP contribution is 2.15. The summed E-state index contributed by atoms with van der Waals surface area (Å²) in [7, 11) is 1.91. The second-order valence-electron chi connectivity index (χ2n) is 4.06. The quantitative estimate of drug-likeness (QED) is 0.681. The summed E-state index contributed by atoms with van der Waals surface area (Å²) in [6.45, 7) is 0. The van der Waals surface area contributed by atoms with Crippen LogP contribution < -0.4 is 4.80 Å². The second kappa shape index (κ2) is 4.78. The fourth-order valence-corrected chi connectivity index (χ4v) is 2.85. The number of aromatic nitrogens is 2. The number of para-hydroxylation sites is 1. The predicted octanol–water partition coefficient (Wildman–Crippen LogP) is 2.38. The van der Waals surface area contributed by atoms with Crippen molar-refractivity contribution in [3.8, 4) is 0 Å². The fourth-order valence-electron chi connectivity index (χ4n) is 1.83. The lowest BCUT2D eigenvalue weighted by molar-refractivity contribution is 0.0998. The maximum absolute atomic E-state index is 12.0. The van der Waals surface area contributed by atoms with Crippen LogP contribution in [0.2, 0.25) is 0 Å². The van der Waals surface area contributed by atoms with Gasteiger partial charge in [-0.1, -0.05) is 23.5 Å². The number of aryl methyl sites for hydroxylation is 1. The van der Waals surface area contributed by atoms with Gasteiger partial charge in [0.15, 0.2) is 4.80 Å². The Labute approximate surface area is 113 Å². The van der Waals surface area contributed by atoms with Crippen LogP contribution in [0, 0.1) is 0 Å². The second-order valence-corrected chi connectivity index (χ2v) is 5.07. The monoisotopic (exact) mass is 269 g/mol. The molecule has 0 bridgehead atoms. The molecule has 4 nitrogen and oxygen atoms in total. The summed E-state index contributed by atoms with van der Waals surface area (Å²) >= 11 is 1.51. The predicted molar refractivity (Wildman–Crippen MR) is 74.9 cm³/mol. The molecule has 94 valence electrons. The largest absolute Gasteiger partial charge is 0.319 e. The van der Waals surface area contributed by atoms with E-state index in [9.17, 15) is 4.79 Å². The van der Waals surface area contributed by atoms with E-state index in [0.29, 0.717) is 10.4 Å². The molecular formula is C14H11N3OS. The Bertz CT molecular complexity index is 802. The zero-order valence-corrected chi connectivity index (χ0v) is 11.1. The van der Waals surface area contributed by atoms with Crippen LogP contribution in [0.15, 0.2) is 53.8 Å². The Morgan fingerprint density at radius 3 is 2.68 bits per heavy atom. The van der Waals surface area contributed by atoms with Crippen molar-refractivity contribution in [3.63, 3.8) is 0 Å². The highest BCUT2D eigenvalue weighted by atomic mass is 32.1. The average Bonchev–Trinajstić information content (AvgIpc) is 2.77. The number of nitrogens with zero attached hydrogens (tertiary/aromatic N) is 3. The Morgan fingerprint density at radius 1 is 1.21 bits per heavy atom. The van der Waals surface area contributed by atoms with Crippen molar-refractivity contribution < 1.29 is 4.79 Å². The molecule has 0 saturated heterocycles. The van der Waals surface area contributed by atoms with E-state index in [0.717, 1.165) is 10.2 Å². The maximum atomic E-state index is 12.0. The maximum Gasteiger partial charge on any atom is 0.279 e. The van der Waals surface area contributed by atoms with Gasteiger partial charge in [0.1, 0.15) is 0 Å². The summed E-state index contributed by atoms with van der Waals surface area (Å²) in [5.41, 5.74) is 1.63. The van der Waals surface area contributed by atoms with Crippen LogP contribution in [0.3, 0.4) is 0 Å². The Balaban J connectivity index is 2.12.